The van der Waals surface area contributed by atoms with Gasteiger partial charge in [0.1, 0.15) is 10.2 Å². The number of likely N-dealkylation sites (tertiary alicyclic amines) is 1. The molecule has 1 aromatic carbocycles. The van der Waals surface area contributed by atoms with Crippen molar-refractivity contribution in [2.45, 2.75) is 5.92 Å². The van der Waals surface area contributed by atoms with Gasteiger partial charge in [-0.2, -0.15) is 0 Å². The third-order valence-electron chi connectivity index (χ3n) is 4.16. The molecule has 0 unspecified atom stereocenters. The zero-order valence-electron chi connectivity index (χ0n) is 12.5. The molecule has 9 heteroatoms. The molecule has 1 saturated heterocycles. The van der Waals surface area contributed by atoms with E-state index in [0.717, 1.165) is 15.8 Å². The average Bonchev–Trinajstić information content (AvgIpc) is 2.89. The third-order valence-corrected chi connectivity index (χ3v) is 6.25. The molecule has 0 saturated carbocycles. The van der Waals surface area contributed by atoms with Crippen LogP contribution in [-0.2, 0) is 0 Å². The quantitative estimate of drug-likeness (QED) is 0.570. The van der Waals surface area contributed by atoms with Gasteiger partial charge in [-0.25, -0.2) is 14.8 Å². The van der Waals surface area contributed by atoms with Crippen LogP contribution in [0.15, 0.2) is 24.4 Å². The molecule has 0 bridgehead atoms. The Balaban J connectivity index is 1.71. The molecular formula is C16H10Cl3N3O2S. The van der Waals surface area contributed by atoms with Crippen molar-refractivity contribution in [1.82, 2.24) is 14.9 Å². The van der Waals surface area contributed by atoms with Gasteiger partial charge in [-0.15, -0.1) is 11.3 Å². The van der Waals surface area contributed by atoms with E-state index in [1.165, 1.54) is 16.2 Å². The van der Waals surface area contributed by atoms with Crippen molar-refractivity contribution in [3.8, 4) is 10.6 Å². The van der Waals surface area contributed by atoms with E-state index in [1.807, 2.05) is 12.1 Å². The van der Waals surface area contributed by atoms with E-state index < -0.39 is 6.09 Å². The standard InChI is InChI=1S/C16H10Cl3N3O2S/c17-9-3-7(8-5-22(6-8)16(23)24)4-10(18)12(9)15-21-11-1-2-20-14(19)13(11)25-15/h1-4,8H,5-6H2,(H,23,24). The average molecular weight is 415 g/mol. The zero-order chi connectivity index (χ0) is 17.7. The van der Waals surface area contributed by atoms with Crippen LogP contribution in [0, 0.1) is 0 Å². The summed E-state index contributed by atoms with van der Waals surface area (Å²) >= 11 is 20.4. The van der Waals surface area contributed by atoms with Crippen LogP contribution < -0.4 is 0 Å². The number of halogens is 3. The summed E-state index contributed by atoms with van der Waals surface area (Å²) in [5, 5.41) is 11.0. The predicted octanol–water partition coefficient (Wildman–Crippen LogP) is 5.40. The van der Waals surface area contributed by atoms with Gasteiger partial charge in [-0.05, 0) is 23.8 Å². The topological polar surface area (TPSA) is 66.3 Å². The molecule has 1 aliphatic heterocycles. The lowest BCUT2D eigenvalue weighted by molar-refractivity contribution is 0.105. The second-order valence-corrected chi connectivity index (χ2v) is 7.88. The Hall–Kier alpha value is -1.60. The zero-order valence-corrected chi connectivity index (χ0v) is 15.6. The van der Waals surface area contributed by atoms with Crippen molar-refractivity contribution >= 4 is 62.4 Å². The van der Waals surface area contributed by atoms with Crippen LogP contribution >= 0.6 is 46.1 Å². The largest absolute Gasteiger partial charge is 0.465 e. The van der Waals surface area contributed by atoms with E-state index in [-0.39, 0.29) is 5.92 Å². The summed E-state index contributed by atoms with van der Waals surface area (Å²) in [4.78, 5) is 20.8. The summed E-state index contributed by atoms with van der Waals surface area (Å²) in [5.74, 6) is 0.106. The van der Waals surface area contributed by atoms with Crippen molar-refractivity contribution in [2.24, 2.45) is 0 Å². The van der Waals surface area contributed by atoms with Gasteiger partial charge in [-0.3, -0.25) is 0 Å². The van der Waals surface area contributed by atoms with Crippen molar-refractivity contribution in [1.29, 1.82) is 0 Å². The fourth-order valence-electron chi connectivity index (χ4n) is 2.81. The normalized spacial score (nSPS) is 14.8. The van der Waals surface area contributed by atoms with Crippen molar-refractivity contribution in [3.05, 3.63) is 45.2 Å². The van der Waals surface area contributed by atoms with Gasteiger partial charge in [0.05, 0.1) is 20.3 Å². The molecule has 128 valence electrons. The Labute approximate surface area is 161 Å². The van der Waals surface area contributed by atoms with Gasteiger partial charge < -0.3 is 10.0 Å². The first kappa shape index (κ1) is 16.8. The molecule has 4 rings (SSSR count). The molecule has 5 nitrogen and oxygen atoms in total. The number of rotatable bonds is 2. The molecule has 25 heavy (non-hydrogen) atoms. The van der Waals surface area contributed by atoms with Crippen LogP contribution in [0.25, 0.3) is 20.8 Å². The van der Waals surface area contributed by atoms with E-state index in [0.29, 0.717) is 38.9 Å². The van der Waals surface area contributed by atoms with Gasteiger partial charge >= 0.3 is 6.09 Å². The van der Waals surface area contributed by atoms with Gasteiger partial charge in [-0.1, -0.05) is 34.8 Å². The molecule has 0 spiro atoms. The lowest BCUT2D eigenvalue weighted by atomic mass is 9.91. The van der Waals surface area contributed by atoms with Gasteiger partial charge in [0, 0.05) is 30.8 Å². The van der Waals surface area contributed by atoms with Crippen molar-refractivity contribution < 1.29 is 9.90 Å². The van der Waals surface area contributed by atoms with E-state index >= 15 is 0 Å². The molecule has 1 amide bonds. The first-order chi connectivity index (χ1) is 11.9. The van der Waals surface area contributed by atoms with Crippen LogP contribution in [0.1, 0.15) is 11.5 Å². The first-order valence-corrected chi connectivity index (χ1v) is 9.27. The molecule has 0 atom stereocenters. The van der Waals surface area contributed by atoms with Crippen LogP contribution in [0.2, 0.25) is 15.2 Å². The Morgan fingerprint density at radius 2 is 1.92 bits per heavy atom. The number of thiazole rings is 1. The number of fused-ring (bicyclic) bond motifs is 1. The van der Waals surface area contributed by atoms with Crippen LogP contribution in [0.5, 0.6) is 0 Å². The van der Waals surface area contributed by atoms with Crippen LogP contribution in [0.3, 0.4) is 0 Å². The smallest absolute Gasteiger partial charge is 0.407 e. The number of aromatic nitrogens is 2. The number of hydrogen-bond acceptors (Lipinski definition) is 4. The van der Waals surface area contributed by atoms with Gasteiger partial charge in [0.2, 0.25) is 0 Å². The van der Waals surface area contributed by atoms with Crippen LogP contribution in [0.4, 0.5) is 4.79 Å². The highest BCUT2D eigenvalue weighted by Crippen LogP contribution is 2.42. The molecule has 1 N–H and O–H groups in total. The van der Waals surface area contributed by atoms with Gasteiger partial charge in [0.15, 0.2) is 0 Å². The number of carboxylic acid groups (broad SMARTS) is 1. The molecule has 3 aromatic rings. The number of nitrogens with zero attached hydrogens (tertiary/aromatic N) is 3. The Kier molecular flexibility index (Phi) is 4.24. The first-order valence-electron chi connectivity index (χ1n) is 7.32. The SMILES string of the molecule is O=C(O)N1CC(c2cc(Cl)c(-c3nc4ccnc(Cl)c4s3)c(Cl)c2)C1. The minimum absolute atomic E-state index is 0.106. The molecule has 1 aliphatic rings. The highest BCUT2D eigenvalue weighted by atomic mass is 35.5. The highest BCUT2D eigenvalue weighted by Gasteiger charge is 2.32. The molecule has 2 aromatic heterocycles. The highest BCUT2D eigenvalue weighted by molar-refractivity contribution is 7.22. The monoisotopic (exact) mass is 413 g/mol. The predicted molar refractivity (Wildman–Crippen MR) is 100 cm³/mol. The summed E-state index contributed by atoms with van der Waals surface area (Å²) in [5.41, 5.74) is 2.32. The second kappa shape index (κ2) is 6.29. The van der Waals surface area contributed by atoms with E-state index in [2.05, 4.69) is 9.97 Å². The van der Waals surface area contributed by atoms with Crippen molar-refractivity contribution in [2.75, 3.05) is 13.1 Å². The van der Waals surface area contributed by atoms with E-state index in [1.54, 1.807) is 12.3 Å². The summed E-state index contributed by atoms with van der Waals surface area (Å²) < 4.78 is 0.784. The maximum Gasteiger partial charge on any atom is 0.407 e. The molecular weight excluding hydrogens is 405 g/mol. The number of hydrogen-bond donors (Lipinski definition) is 1. The fraction of sp³-hybridized carbons (Fsp3) is 0.188. The van der Waals surface area contributed by atoms with E-state index in [4.69, 9.17) is 39.9 Å². The fourth-order valence-corrected chi connectivity index (χ4v) is 4.89. The second-order valence-electron chi connectivity index (χ2n) is 5.71. The Morgan fingerprint density at radius 3 is 2.52 bits per heavy atom. The summed E-state index contributed by atoms with van der Waals surface area (Å²) in [6.45, 7) is 0.896. The minimum Gasteiger partial charge on any atom is -0.465 e. The lowest BCUT2D eigenvalue weighted by Crippen LogP contribution is -2.47. The Bertz CT molecular complexity index is 978. The van der Waals surface area contributed by atoms with Crippen molar-refractivity contribution in [3.63, 3.8) is 0 Å². The van der Waals surface area contributed by atoms with Gasteiger partial charge in [0.25, 0.3) is 0 Å². The van der Waals surface area contributed by atoms with E-state index in [9.17, 15) is 4.79 Å². The summed E-state index contributed by atoms with van der Waals surface area (Å²) in [7, 11) is 0. The number of amides is 1. The lowest BCUT2D eigenvalue weighted by Gasteiger charge is -2.37. The molecule has 0 radical (unpaired) electrons. The van der Waals surface area contributed by atoms with Crippen LogP contribution in [-0.4, -0.2) is 39.2 Å². The minimum atomic E-state index is -0.912. The molecule has 0 aliphatic carbocycles. The summed E-state index contributed by atoms with van der Waals surface area (Å²) in [6.07, 6.45) is 0.690. The summed E-state index contributed by atoms with van der Waals surface area (Å²) in [6, 6.07) is 5.45. The third kappa shape index (κ3) is 2.93. The Morgan fingerprint density at radius 1 is 1.24 bits per heavy atom. The maximum absolute atomic E-state index is 10.9. The number of pyridine rings is 1. The number of carbonyl (C=O) groups is 1. The number of benzene rings is 1. The maximum atomic E-state index is 10.9. The molecule has 3 heterocycles. The molecule has 1 fully saturated rings.